The average Bonchev–Trinajstić information content (AvgIpc) is 2.74. The monoisotopic (exact) mass is 408 g/mol. The van der Waals surface area contributed by atoms with Crippen LogP contribution in [0.3, 0.4) is 0 Å². The minimum atomic E-state index is -1.65. The van der Waals surface area contributed by atoms with Crippen LogP contribution in [0, 0.1) is 5.82 Å². The molecule has 3 rings (SSSR count). The van der Waals surface area contributed by atoms with Gasteiger partial charge in [0.25, 0.3) is 0 Å². The van der Waals surface area contributed by atoms with Crippen LogP contribution in [0.25, 0.3) is 11.1 Å². The summed E-state index contributed by atoms with van der Waals surface area (Å²) in [5, 5.41) is 38.8. The van der Waals surface area contributed by atoms with Crippen LogP contribution >= 0.6 is 0 Å². The van der Waals surface area contributed by atoms with Gasteiger partial charge in [0.05, 0.1) is 19.3 Å². The zero-order chi connectivity index (χ0) is 21.1. The molecule has 0 aromatic heterocycles. The fourth-order valence-electron chi connectivity index (χ4n) is 3.01. The van der Waals surface area contributed by atoms with E-state index in [1.54, 1.807) is 30.3 Å². The van der Waals surface area contributed by atoms with Crippen LogP contribution in [0.4, 0.5) is 4.39 Å². The van der Waals surface area contributed by atoms with Crippen molar-refractivity contribution in [2.75, 3.05) is 13.7 Å². The molecule has 0 radical (unpaired) electrons. The zero-order valence-corrected chi connectivity index (χ0v) is 15.4. The van der Waals surface area contributed by atoms with E-state index in [0.717, 1.165) is 0 Å². The topological polar surface area (TPSA) is 126 Å². The number of benzene rings is 2. The van der Waals surface area contributed by atoms with E-state index >= 15 is 0 Å². The van der Waals surface area contributed by atoms with E-state index in [1.807, 2.05) is 0 Å². The van der Waals surface area contributed by atoms with E-state index in [4.69, 9.17) is 9.47 Å². The van der Waals surface area contributed by atoms with Crippen molar-refractivity contribution in [1.29, 1.82) is 0 Å². The number of halogens is 1. The summed E-state index contributed by atoms with van der Waals surface area (Å²) in [6, 6.07) is 10.5. The minimum absolute atomic E-state index is 0.262. The number of ether oxygens (including phenoxy) is 3. The highest BCUT2D eigenvalue weighted by Crippen LogP contribution is 2.29. The van der Waals surface area contributed by atoms with Gasteiger partial charge in [0.1, 0.15) is 24.4 Å². The molecule has 1 aliphatic rings. The lowest BCUT2D eigenvalue weighted by atomic mass is 9.99. The van der Waals surface area contributed by atoms with Gasteiger partial charge >= 0.3 is 5.97 Å². The van der Waals surface area contributed by atoms with Crippen molar-refractivity contribution in [2.24, 2.45) is 0 Å². The molecule has 2 unspecified atom stereocenters. The molecule has 4 N–H and O–H groups in total. The fourth-order valence-corrected chi connectivity index (χ4v) is 3.01. The van der Waals surface area contributed by atoms with Gasteiger partial charge < -0.3 is 34.6 Å². The second-order valence-electron chi connectivity index (χ2n) is 6.53. The molecule has 9 heteroatoms. The second-order valence-corrected chi connectivity index (χ2v) is 6.53. The van der Waals surface area contributed by atoms with Gasteiger partial charge in [0, 0.05) is 0 Å². The molecule has 2 aromatic rings. The number of esters is 1. The van der Waals surface area contributed by atoms with Crippen LogP contribution in [-0.2, 0) is 9.47 Å². The minimum Gasteiger partial charge on any atom is -0.465 e. The first-order valence-electron chi connectivity index (χ1n) is 8.81. The van der Waals surface area contributed by atoms with Gasteiger partial charge in [-0.05, 0) is 35.4 Å². The molecule has 0 spiro atoms. The molecule has 156 valence electrons. The van der Waals surface area contributed by atoms with Gasteiger partial charge in [0.15, 0.2) is 11.6 Å². The van der Waals surface area contributed by atoms with Gasteiger partial charge in [-0.15, -0.1) is 0 Å². The molecule has 0 saturated carbocycles. The second kappa shape index (κ2) is 8.85. The van der Waals surface area contributed by atoms with Crippen molar-refractivity contribution in [3.63, 3.8) is 0 Å². The van der Waals surface area contributed by atoms with Gasteiger partial charge in [-0.1, -0.05) is 18.2 Å². The van der Waals surface area contributed by atoms with Crippen LogP contribution in [0.1, 0.15) is 10.4 Å². The average molecular weight is 408 g/mol. The van der Waals surface area contributed by atoms with E-state index in [9.17, 15) is 29.6 Å². The molecule has 0 aliphatic carbocycles. The van der Waals surface area contributed by atoms with Gasteiger partial charge in [-0.25, -0.2) is 9.18 Å². The summed E-state index contributed by atoms with van der Waals surface area (Å²) >= 11 is 0. The summed E-state index contributed by atoms with van der Waals surface area (Å²) in [5.41, 5.74) is 1.35. The molecule has 1 heterocycles. The Bertz CT molecular complexity index is 871. The highest BCUT2D eigenvalue weighted by molar-refractivity contribution is 5.91. The van der Waals surface area contributed by atoms with Gasteiger partial charge in [0.2, 0.25) is 6.29 Å². The maximum atomic E-state index is 14.6. The molecule has 1 saturated heterocycles. The third kappa shape index (κ3) is 4.39. The Morgan fingerprint density at radius 3 is 2.45 bits per heavy atom. The van der Waals surface area contributed by atoms with Crippen molar-refractivity contribution in [3.8, 4) is 16.9 Å². The quantitative estimate of drug-likeness (QED) is 0.526. The SMILES string of the molecule is COC(=O)c1cccc(-c2ccc(O[C@H]3O[C@H](CO)[C@@H](O)C(O)C3O)c(F)c2)c1. The maximum absolute atomic E-state index is 14.6. The number of aliphatic hydroxyl groups is 4. The van der Waals surface area contributed by atoms with E-state index in [1.165, 1.54) is 19.2 Å². The lowest BCUT2D eigenvalue weighted by Gasteiger charge is -2.39. The number of methoxy groups -OCH3 is 1. The van der Waals surface area contributed by atoms with E-state index < -0.39 is 49.1 Å². The normalized spacial score (nSPS) is 26.8. The Morgan fingerprint density at radius 2 is 1.79 bits per heavy atom. The fraction of sp³-hybridized carbons (Fsp3) is 0.350. The molecule has 5 atom stereocenters. The van der Waals surface area contributed by atoms with Crippen LogP contribution in [0.15, 0.2) is 42.5 Å². The Labute approximate surface area is 165 Å². The van der Waals surface area contributed by atoms with E-state index in [-0.39, 0.29) is 5.75 Å². The third-order valence-corrected chi connectivity index (χ3v) is 4.64. The molecule has 2 aromatic carbocycles. The number of hydrogen-bond donors (Lipinski definition) is 4. The first-order valence-corrected chi connectivity index (χ1v) is 8.81. The van der Waals surface area contributed by atoms with Crippen molar-refractivity contribution in [3.05, 3.63) is 53.8 Å². The van der Waals surface area contributed by atoms with Crippen LogP contribution in [0.2, 0.25) is 0 Å². The maximum Gasteiger partial charge on any atom is 0.337 e. The molecular formula is C20H21FO8. The smallest absolute Gasteiger partial charge is 0.337 e. The summed E-state index contributed by atoms with van der Waals surface area (Å²) in [5.74, 6) is -1.56. The first-order chi connectivity index (χ1) is 13.8. The molecule has 8 nitrogen and oxygen atoms in total. The Kier molecular flexibility index (Phi) is 6.46. The van der Waals surface area contributed by atoms with Gasteiger partial charge in [-0.2, -0.15) is 0 Å². The van der Waals surface area contributed by atoms with E-state index in [2.05, 4.69) is 4.74 Å². The summed E-state index contributed by atoms with van der Waals surface area (Å²) < 4.78 is 29.8. The predicted octanol–water partition coefficient (Wildman–Crippen LogP) is 0.458. The number of carbonyl (C=O) groups is 1. The van der Waals surface area contributed by atoms with E-state index in [0.29, 0.717) is 16.7 Å². The van der Waals surface area contributed by atoms with Crippen LogP contribution < -0.4 is 4.74 Å². The van der Waals surface area contributed by atoms with Crippen molar-refractivity contribution >= 4 is 5.97 Å². The molecule has 0 amide bonds. The Morgan fingerprint density at radius 1 is 1.07 bits per heavy atom. The molecule has 1 aliphatic heterocycles. The summed E-state index contributed by atoms with van der Waals surface area (Å²) in [6.45, 7) is -0.622. The summed E-state index contributed by atoms with van der Waals surface area (Å²) in [6.07, 6.45) is -7.47. The Hall–Kier alpha value is -2.56. The highest BCUT2D eigenvalue weighted by atomic mass is 19.1. The Balaban J connectivity index is 1.81. The summed E-state index contributed by atoms with van der Waals surface area (Å²) in [7, 11) is 1.26. The molecule has 0 bridgehead atoms. The lowest BCUT2D eigenvalue weighted by molar-refractivity contribution is -0.277. The molecule has 1 fully saturated rings. The van der Waals surface area contributed by atoms with Crippen molar-refractivity contribution in [1.82, 2.24) is 0 Å². The molecular weight excluding hydrogens is 387 g/mol. The van der Waals surface area contributed by atoms with Crippen molar-refractivity contribution in [2.45, 2.75) is 30.7 Å². The predicted molar refractivity (Wildman–Crippen MR) is 97.6 cm³/mol. The number of hydrogen-bond acceptors (Lipinski definition) is 8. The van der Waals surface area contributed by atoms with Crippen LogP contribution in [0.5, 0.6) is 5.75 Å². The highest BCUT2D eigenvalue weighted by Gasteiger charge is 2.44. The number of rotatable bonds is 5. The number of aliphatic hydroxyl groups excluding tert-OH is 4. The van der Waals surface area contributed by atoms with Crippen molar-refractivity contribution < 1.29 is 43.8 Å². The van der Waals surface area contributed by atoms with Gasteiger partial charge in [-0.3, -0.25) is 0 Å². The standard InChI is InChI=1S/C20H21FO8/c1-27-19(26)12-4-2-3-10(7-12)11-5-6-14(13(21)8-11)28-20-18(25)17(24)16(23)15(9-22)29-20/h2-8,15-18,20,22-25H,9H2,1H3/t15-,16-,17?,18?,20+/m1/s1. The van der Waals surface area contributed by atoms with Crippen LogP contribution in [-0.4, -0.2) is 70.8 Å². The zero-order valence-electron chi connectivity index (χ0n) is 15.4. The third-order valence-electron chi connectivity index (χ3n) is 4.64. The first kappa shape index (κ1) is 21.2. The number of carbonyl (C=O) groups excluding carboxylic acids is 1. The lowest BCUT2D eigenvalue weighted by Crippen LogP contribution is -2.60. The summed E-state index contributed by atoms with van der Waals surface area (Å²) in [4.78, 5) is 11.7. The largest absolute Gasteiger partial charge is 0.465 e. The molecule has 29 heavy (non-hydrogen) atoms.